The van der Waals surface area contributed by atoms with Crippen molar-refractivity contribution in [1.29, 1.82) is 0 Å². The average molecular weight is 299 g/mol. The molecule has 1 heterocycles. The number of hydrogen-bond acceptors (Lipinski definition) is 4. The molecule has 6 heteroatoms. The fourth-order valence-electron chi connectivity index (χ4n) is 2.43. The quantitative estimate of drug-likeness (QED) is 0.881. The summed E-state index contributed by atoms with van der Waals surface area (Å²) >= 11 is 0. The SMILES string of the molecule is CC1(C)CC(NS(=O)(=O)c2cccc(CO)c2)CCO1. The fourth-order valence-corrected chi connectivity index (χ4v) is 3.77. The van der Waals surface area contributed by atoms with E-state index in [0.29, 0.717) is 25.0 Å². The van der Waals surface area contributed by atoms with Crippen molar-refractivity contribution in [3.8, 4) is 0 Å². The molecule has 5 nitrogen and oxygen atoms in total. The fraction of sp³-hybridized carbons (Fsp3) is 0.571. The van der Waals surface area contributed by atoms with Crippen LogP contribution in [0.5, 0.6) is 0 Å². The first-order valence-electron chi connectivity index (χ1n) is 6.68. The molecule has 0 aromatic heterocycles. The molecular formula is C14H21NO4S. The van der Waals surface area contributed by atoms with Crippen LogP contribution >= 0.6 is 0 Å². The Morgan fingerprint density at radius 1 is 1.45 bits per heavy atom. The number of aliphatic hydroxyl groups is 1. The zero-order valence-corrected chi connectivity index (χ0v) is 12.6. The van der Waals surface area contributed by atoms with Gasteiger partial charge >= 0.3 is 0 Å². The molecule has 1 aromatic rings. The monoisotopic (exact) mass is 299 g/mol. The zero-order valence-electron chi connectivity index (χ0n) is 11.8. The molecule has 1 saturated heterocycles. The minimum atomic E-state index is -3.56. The standard InChI is InChI=1S/C14H21NO4S/c1-14(2)9-12(6-7-19-14)15-20(17,18)13-5-3-4-11(8-13)10-16/h3-5,8,12,15-16H,6-7,9-10H2,1-2H3. The van der Waals surface area contributed by atoms with E-state index in [2.05, 4.69) is 4.72 Å². The van der Waals surface area contributed by atoms with Gasteiger partial charge in [0.15, 0.2) is 0 Å². The third kappa shape index (κ3) is 3.79. The lowest BCUT2D eigenvalue weighted by Gasteiger charge is -2.35. The van der Waals surface area contributed by atoms with Gasteiger partial charge in [-0.3, -0.25) is 0 Å². The predicted octanol–water partition coefficient (Wildman–Crippen LogP) is 1.41. The zero-order chi connectivity index (χ0) is 14.8. The predicted molar refractivity (Wildman–Crippen MR) is 75.7 cm³/mol. The molecule has 2 N–H and O–H groups in total. The highest BCUT2D eigenvalue weighted by Crippen LogP contribution is 2.25. The number of ether oxygens (including phenoxy) is 1. The van der Waals surface area contributed by atoms with Crippen molar-refractivity contribution in [3.63, 3.8) is 0 Å². The summed E-state index contributed by atoms with van der Waals surface area (Å²) in [5, 5.41) is 9.09. The first-order valence-corrected chi connectivity index (χ1v) is 8.17. The Kier molecular flexibility index (Phi) is 4.49. The summed E-state index contributed by atoms with van der Waals surface area (Å²) in [4.78, 5) is 0.188. The van der Waals surface area contributed by atoms with Crippen molar-refractivity contribution in [1.82, 2.24) is 4.72 Å². The number of nitrogens with one attached hydrogen (secondary N) is 1. The summed E-state index contributed by atoms with van der Waals surface area (Å²) in [6.07, 6.45) is 1.31. The van der Waals surface area contributed by atoms with Gasteiger partial charge in [0.2, 0.25) is 10.0 Å². The van der Waals surface area contributed by atoms with Gasteiger partial charge in [-0.05, 0) is 44.4 Å². The first kappa shape index (κ1) is 15.4. The summed E-state index contributed by atoms with van der Waals surface area (Å²) in [6.45, 7) is 4.30. The Morgan fingerprint density at radius 3 is 2.85 bits per heavy atom. The van der Waals surface area contributed by atoms with E-state index in [0.717, 1.165) is 0 Å². The van der Waals surface area contributed by atoms with Gasteiger partial charge in [-0.15, -0.1) is 0 Å². The van der Waals surface area contributed by atoms with Crippen LogP contribution in [0, 0.1) is 0 Å². The van der Waals surface area contributed by atoms with Crippen LogP contribution < -0.4 is 4.72 Å². The van der Waals surface area contributed by atoms with E-state index in [4.69, 9.17) is 9.84 Å². The molecule has 0 bridgehead atoms. The van der Waals surface area contributed by atoms with Gasteiger partial charge < -0.3 is 9.84 Å². The molecule has 1 unspecified atom stereocenters. The maximum atomic E-state index is 12.3. The molecule has 20 heavy (non-hydrogen) atoms. The van der Waals surface area contributed by atoms with E-state index in [-0.39, 0.29) is 23.1 Å². The molecule has 2 rings (SSSR count). The summed E-state index contributed by atoms with van der Waals surface area (Å²) in [7, 11) is -3.56. The van der Waals surface area contributed by atoms with Gasteiger partial charge in [-0.1, -0.05) is 12.1 Å². The summed E-state index contributed by atoms with van der Waals surface area (Å²) in [5.41, 5.74) is 0.276. The maximum absolute atomic E-state index is 12.3. The average Bonchev–Trinajstić information content (AvgIpc) is 2.37. The van der Waals surface area contributed by atoms with Crippen LogP contribution in [0.25, 0.3) is 0 Å². The van der Waals surface area contributed by atoms with Crippen LogP contribution in [-0.2, 0) is 21.4 Å². The Balaban J connectivity index is 2.14. The first-order chi connectivity index (χ1) is 9.32. The van der Waals surface area contributed by atoms with Crippen molar-refractivity contribution in [2.24, 2.45) is 0 Å². The van der Waals surface area contributed by atoms with Crippen LogP contribution in [0.1, 0.15) is 32.3 Å². The summed E-state index contributed by atoms with van der Waals surface area (Å²) in [5.74, 6) is 0. The molecule has 1 atom stereocenters. The van der Waals surface area contributed by atoms with Gasteiger partial charge in [-0.2, -0.15) is 0 Å². The van der Waals surface area contributed by atoms with E-state index >= 15 is 0 Å². The molecule has 1 aliphatic heterocycles. The van der Waals surface area contributed by atoms with Crippen LogP contribution in [0.15, 0.2) is 29.2 Å². The number of aliphatic hydroxyl groups excluding tert-OH is 1. The van der Waals surface area contributed by atoms with E-state index in [1.54, 1.807) is 12.1 Å². The topological polar surface area (TPSA) is 75.6 Å². The van der Waals surface area contributed by atoms with Crippen LogP contribution in [0.2, 0.25) is 0 Å². The highest BCUT2D eigenvalue weighted by atomic mass is 32.2. The lowest BCUT2D eigenvalue weighted by atomic mass is 9.95. The molecule has 0 saturated carbocycles. The third-order valence-corrected chi connectivity index (χ3v) is 4.93. The van der Waals surface area contributed by atoms with Crippen molar-refractivity contribution >= 4 is 10.0 Å². The van der Waals surface area contributed by atoms with Crippen molar-refractivity contribution in [2.45, 2.75) is 49.8 Å². The number of hydrogen-bond donors (Lipinski definition) is 2. The minimum absolute atomic E-state index is 0.124. The Labute approximate surface area is 120 Å². The number of sulfonamides is 1. The molecular weight excluding hydrogens is 278 g/mol. The van der Waals surface area contributed by atoms with Crippen molar-refractivity contribution in [3.05, 3.63) is 29.8 Å². The molecule has 0 aliphatic carbocycles. The Bertz CT molecular complexity index is 568. The molecule has 1 aromatic carbocycles. The largest absolute Gasteiger partial charge is 0.392 e. The van der Waals surface area contributed by atoms with Crippen LogP contribution in [0.4, 0.5) is 0 Å². The van der Waals surface area contributed by atoms with Crippen LogP contribution in [-0.4, -0.2) is 31.8 Å². The molecule has 0 radical (unpaired) electrons. The summed E-state index contributed by atoms with van der Waals surface area (Å²) in [6, 6.07) is 6.23. The normalized spacial score (nSPS) is 22.6. The van der Waals surface area contributed by atoms with Gasteiger partial charge in [0.1, 0.15) is 0 Å². The van der Waals surface area contributed by atoms with Crippen molar-refractivity contribution in [2.75, 3.05) is 6.61 Å². The second-order valence-corrected chi connectivity index (χ2v) is 7.44. The van der Waals surface area contributed by atoms with Crippen LogP contribution in [0.3, 0.4) is 0 Å². The smallest absolute Gasteiger partial charge is 0.240 e. The van der Waals surface area contributed by atoms with E-state index in [9.17, 15) is 8.42 Å². The van der Waals surface area contributed by atoms with Gasteiger partial charge in [-0.25, -0.2) is 13.1 Å². The number of benzene rings is 1. The lowest BCUT2D eigenvalue weighted by Crippen LogP contribution is -2.45. The lowest BCUT2D eigenvalue weighted by molar-refractivity contribution is -0.0599. The van der Waals surface area contributed by atoms with Crippen molar-refractivity contribution < 1.29 is 18.3 Å². The van der Waals surface area contributed by atoms with E-state index in [1.807, 2.05) is 13.8 Å². The maximum Gasteiger partial charge on any atom is 0.240 e. The van der Waals surface area contributed by atoms with Gasteiger partial charge in [0.05, 0.1) is 17.1 Å². The molecule has 1 fully saturated rings. The van der Waals surface area contributed by atoms with E-state index in [1.165, 1.54) is 12.1 Å². The highest BCUT2D eigenvalue weighted by molar-refractivity contribution is 7.89. The third-order valence-electron chi connectivity index (χ3n) is 3.41. The highest BCUT2D eigenvalue weighted by Gasteiger charge is 2.31. The molecule has 112 valence electrons. The Hall–Kier alpha value is -0.950. The summed E-state index contributed by atoms with van der Waals surface area (Å²) < 4.78 is 33.0. The molecule has 0 amide bonds. The minimum Gasteiger partial charge on any atom is -0.392 e. The number of rotatable bonds is 4. The molecule has 0 spiro atoms. The van der Waals surface area contributed by atoms with Gasteiger partial charge in [0, 0.05) is 12.6 Å². The Morgan fingerprint density at radius 2 is 2.20 bits per heavy atom. The molecule has 1 aliphatic rings. The van der Waals surface area contributed by atoms with Gasteiger partial charge in [0.25, 0.3) is 0 Å². The second kappa shape index (κ2) is 5.81. The van der Waals surface area contributed by atoms with E-state index < -0.39 is 10.0 Å². The second-order valence-electron chi connectivity index (χ2n) is 5.72.